The Balaban J connectivity index is 1.82. The van der Waals surface area contributed by atoms with Crippen molar-refractivity contribution in [1.29, 1.82) is 0 Å². The van der Waals surface area contributed by atoms with Crippen LogP contribution in [0.2, 0.25) is 20.1 Å². The van der Waals surface area contributed by atoms with Crippen molar-refractivity contribution >= 4 is 52.4 Å². The van der Waals surface area contributed by atoms with Crippen molar-refractivity contribution in [3.05, 3.63) is 97.4 Å². The first-order chi connectivity index (χ1) is 15.8. The molecule has 0 aliphatic carbocycles. The van der Waals surface area contributed by atoms with E-state index in [9.17, 15) is 4.79 Å². The quantitative estimate of drug-likeness (QED) is 0.251. The number of methoxy groups -OCH3 is 1. The second-order valence-electron chi connectivity index (χ2n) is 7.43. The minimum atomic E-state index is -0.380. The summed E-state index contributed by atoms with van der Waals surface area (Å²) < 4.78 is 6.68. The molecule has 0 saturated heterocycles. The maximum absolute atomic E-state index is 11.8. The van der Waals surface area contributed by atoms with Crippen LogP contribution in [0.3, 0.4) is 0 Å². The molecular formula is C25H18Cl4N2O2. The van der Waals surface area contributed by atoms with E-state index in [1.54, 1.807) is 30.3 Å². The number of nitrogens with zero attached hydrogens (tertiary/aromatic N) is 2. The number of ether oxygens (including phenoxy) is 1. The standard InChI is InChI=1S/C25H18Cl4N2O2/c1-14-23(17-7-9-19(26)21(28)11-17)30-31(24(14)18-8-10-20(27)22(29)12-18)13-15-3-5-16(6-4-15)25(32)33-2/h3-12H,13H2,1-2H3. The number of carbonyl (C=O) groups excluding carboxylic acids is 1. The highest BCUT2D eigenvalue weighted by Gasteiger charge is 2.19. The summed E-state index contributed by atoms with van der Waals surface area (Å²) in [4.78, 5) is 11.8. The number of hydrogen-bond acceptors (Lipinski definition) is 3. The van der Waals surface area contributed by atoms with Gasteiger partial charge >= 0.3 is 5.97 Å². The molecule has 33 heavy (non-hydrogen) atoms. The average Bonchev–Trinajstić information content (AvgIpc) is 3.13. The van der Waals surface area contributed by atoms with E-state index in [0.717, 1.165) is 33.6 Å². The van der Waals surface area contributed by atoms with Crippen molar-refractivity contribution in [3.63, 3.8) is 0 Å². The van der Waals surface area contributed by atoms with E-state index in [1.807, 2.05) is 41.9 Å². The molecule has 4 rings (SSSR count). The van der Waals surface area contributed by atoms with Gasteiger partial charge in [-0.25, -0.2) is 4.79 Å². The van der Waals surface area contributed by atoms with Gasteiger partial charge in [-0.3, -0.25) is 4.68 Å². The fourth-order valence-electron chi connectivity index (χ4n) is 3.63. The molecule has 1 aromatic heterocycles. The van der Waals surface area contributed by atoms with Crippen LogP contribution in [0.25, 0.3) is 22.5 Å². The third-order valence-corrected chi connectivity index (χ3v) is 6.76. The van der Waals surface area contributed by atoms with Crippen molar-refractivity contribution < 1.29 is 9.53 Å². The summed E-state index contributed by atoms with van der Waals surface area (Å²) in [6.07, 6.45) is 0. The molecule has 1 heterocycles. The molecule has 0 fully saturated rings. The zero-order chi connectivity index (χ0) is 23.7. The summed E-state index contributed by atoms with van der Waals surface area (Å²) in [7, 11) is 1.36. The molecule has 4 aromatic rings. The molecule has 0 N–H and O–H groups in total. The van der Waals surface area contributed by atoms with Crippen molar-refractivity contribution in [3.8, 4) is 22.5 Å². The van der Waals surface area contributed by atoms with Gasteiger partial charge < -0.3 is 4.74 Å². The van der Waals surface area contributed by atoms with Gasteiger partial charge in [0.15, 0.2) is 0 Å². The molecule has 0 aliphatic heterocycles. The summed E-state index contributed by atoms with van der Waals surface area (Å²) in [5.74, 6) is -0.380. The molecular weight excluding hydrogens is 502 g/mol. The van der Waals surface area contributed by atoms with Crippen LogP contribution in [0, 0.1) is 6.92 Å². The second kappa shape index (κ2) is 9.78. The molecule has 0 aliphatic rings. The number of rotatable bonds is 5. The fourth-order valence-corrected chi connectivity index (χ4v) is 4.23. The SMILES string of the molecule is COC(=O)c1ccc(Cn2nc(-c3ccc(Cl)c(Cl)c3)c(C)c2-c2ccc(Cl)c(Cl)c2)cc1. The Bertz CT molecular complexity index is 1350. The van der Waals surface area contributed by atoms with Crippen molar-refractivity contribution in [1.82, 2.24) is 9.78 Å². The molecule has 0 saturated carbocycles. The number of aromatic nitrogens is 2. The fraction of sp³-hybridized carbons (Fsp3) is 0.120. The van der Waals surface area contributed by atoms with Gasteiger partial charge in [0.2, 0.25) is 0 Å². The van der Waals surface area contributed by atoms with E-state index in [-0.39, 0.29) is 5.97 Å². The Morgan fingerprint density at radius 1 is 0.848 bits per heavy atom. The lowest BCUT2D eigenvalue weighted by atomic mass is 10.0. The molecule has 0 unspecified atom stereocenters. The van der Waals surface area contributed by atoms with Crippen LogP contribution < -0.4 is 0 Å². The largest absolute Gasteiger partial charge is 0.465 e. The van der Waals surface area contributed by atoms with Crippen molar-refractivity contribution in [2.24, 2.45) is 0 Å². The predicted molar refractivity (Wildman–Crippen MR) is 135 cm³/mol. The molecule has 168 valence electrons. The summed E-state index contributed by atoms with van der Waals surface area (Å²) in [6, 6.07) is 18.2. The zero-order valence-corrected chi connectivity index (χ0v) is 20.7. The smallest absolute Gasteiger partial charge is 0.337 e. The molecule has 0 bridgehead atoms. The Labute approximate surface area is 211 Å². The van der Waals surface area contributed by atoms with Gasteiger partial charge in [-0.05, 0) is 48.9 Å². The maximum atomic E-state index is 11.8. The van der Waals surface area contributed by atoms with E-state index in [2.05, 4.69) is 0 Å². The minimum Gasteiger partial charge on any atom is -0.465 e. The topological polar surface area (TPSA) is 44.1 Å². The first-order valence-corrected chi connectivity index (χ1v) is 11.4. The highest BCUT2D eigenvalue weighted by molar-refractivity contribution is 6.42. The van der Waals surface area contributed by atoms with Gasteiger partial charge in [0, 0.05) is 16.7 Å². The first kappa shape index (κ1) is 23.7. The van der Waals surface area contributed by atoms with Crippen LogP contribution in [-0.4, -0.2) is 22.9 Å². The second-order valence-corrected chi connectivity index (χ2v) is 9.05. The third-order valence-electron chi connectivity index (χ3n) is 5.28. The van der Waals surface area contributed by atoms with Gasteiger partial charge in [-0.15, -0.1) is 0 Å². The molecule has 0 spiro atoms. The summed E-state index contributed by atoms with van der Waals surface area (Å²) >= 11 is 24.8. The minimum absolute atomic E-state index is 0.380. The Morgan fingerprint density at radius 3 is 2.00 bits per heavy atom. The van der Waals surface area contributed by atoms with Crippen LogP contribution >= 0.6 is 46.4 Å². The average molecular weight is 520 g/mol. The first-order valence-electron chi connectivity index (χ1n) is 9.94. The van der Waals surface area contributed by atoms with Gasteiger partial charge in [0.1, 0.15) is 0 Å². The van der Waals surface area contributed by atoms with Gasteiger partial charge in [0.05, 0.1) is 50.7 Å². The van der Waals surface area contributed by atoms with Crippen molar-refractivity contribution in [2.75, 3.05) is 7.11 Å². The van der Waals surface area contributed by atoms with E-state index in [0.29, 0.717) is 32.2 Å². The van der Waals surface area contributed by atoms with Crippen LogP contribution in [0.4, 0.5) is 0 Å². The summed E-state index contributed by atoms with van der Waals surface area (Å²) in [5, 5.41) is 6.77. The number of halogens is 4. The third kappa shape index (κ3) is 4.90. The lowest BCUT2D eigenvalue weighted by Crippen LogP contribution is -2.06. The van der Waals surface area contributed by atoms with Gasteiger partial charge in [-0.1, -0.05) is 70.7 Å². The monoisotopic (exact) mass is 518 g/mol. The maximum Gasteiger partial charge on any atom is 0.337 e. The summed E-state index contributed by atoms with van der Waals surface area (Å²) in [6.45, 7) is 2.47. The highest BCUT2D eigenvalue weighted by Crippen LogP contribution is 2.36. The van der Waals surface area contributed by atoms with Crippen molar-refractivity contribution in [2.45, 2.75) is 13.5 Å². The molecule has 0 radical (unpaired) electrons. The molecule has 8 heteroatoms. The lowest BCUT2D eigenvalue weighted by Gasteiger charge is -2.10. The van der Waals surface area contributed by atoms with Gasteiger partial charge in [-0.2, -0.15) is 5.10 Å². The zero-order valence-electron chi connectivity index (χ0n) is 17.7. The Morgan fingerprint density at radius 2 is 1.42 bits per heavy atom. The number of esters is 1. The van der Waals surface area contributed by atoms with E-state index >= 15 is 0 Å². The predicted octanol–water partition coefficient (Wildman–Crippen LogP) is 7.97. The van der Waals surface area contributed by atoms with Gasteiger partial charge in [0.25, 0.3) is 0 Å². The van der Waals surface area contributed by atoms with E-state index in [4.69, 9.17) is 56.2 Å². The molecule has 0 atom stereocenters. The Hall–Kier alpha value is -2.50. The molecule has 4 nitrogen and oxygen atoms in total. The van der Waals surface area contributed by atoms with E-state index in [1.165, 1.54) is 7.11 Å². The number of hydrogen-bond donors (Lipinski definition) is 0. The van der Waals surface area contributed by atoms with Crippen LogP contribution in [-0.2, 0) is 11.3 Å². The van der Waals surface area contributed by atoms with E-state index < -0.39 is 0 Å². The lowest BCUT2D eigenvalue weighted by molar-refractivity contribution is 0.0600. The normalized spacial score (nSPS) is 11.0. The Kier molecular flexibility index (Phi) is 7.01. The van der Waals surface area contributed by atoms with Crippen LogP contribution in [0.1, 0.15) is 21.5 Å². The highest BCUT2D eigenvalue weighted by atomic mass is 35.5. The van der Waals surface area contributed by atoms with Crippen LogP contribution in [0.5, 0.6) is 0 Å². The number of carbonyl (C=O) groups is 1. The summed E-state index contributed by atoms with van der Waals surface area (Å²) in [5.41, 5.74) is 5.81. The number of benzene rings is 3. The molecule has 0 amide bonds. The molecule has 3 aromatic carbocycles. The van der Waals surface area contributed by atoms with Crippen LogP contribution in [0.15, 0.2) is 60.7 Å².